The molecule has 0 saturated heterocycles. The molecule has 2 N–H and O–H groups in total. The summed E-state index contributed by atoms with van der Waals surface area (Å²) in [4.78, 5) is 12.7. The number of hydrogen-bond donors (Lipinski definition) is 1. The van der Waals surface area contributed by atoms with Crippen LogP contribution in [-0.4, -0.2) is 18.4 Å². The van der Waals surface area contributed by atoms with Gasteiger partial charge in [0.2, 0.25) is 0 Å². The van der Waals surface area contributed by atoms with E-state index in [0.29, 0.717) is 17.9 Å². The summed E-state index contributed by atoms with van der Waals surface area (Å²) in [6.07, 6.45) is 2.83. The zero-order chi connectivity index (χ0) is 13.2. The molecule has 0 heterocycles. The van der Waals surface area contributed by atoms with E-state index in [2.05, 4.69) is 0 Å². The number of ether oxygens (including phenoxy) is 1. The molecule has 98 valence electrons. The summed E-state index contributed by atoms with van der Waals surface area (Å²) >= 11 is 0. The third-order valence-electron chi connectivity index (χ3n) is 3.98. The summed E-state index contributed by atoms with van der Waals surface area (Å²) in [5.41, 5.74) is 6.34. The van der Waals surface area contributed by atoms with Gasteiger partial charge in [0, 0.05) is 11.5 Å². The predicted molar refractivity (Wildman–Crippen MR) is 71.9 cm³/mol. The van der Waals surface area contributed by atoms with E-state index in [1.807, 2.05) is 38.1 Å². The fourth-order valence-electron chi connectivity index (χ4n) is 2.72. The maximum atomic E-state index is 12.7. The molecular weight excluding hydrogens is 226 g/mol. The number of carbonyl (C=O) groups excluding carboxylic acids is 1. The van der Waals surface area contributed by atoms with Crippen LogP contribution in [0.15, 0.2) is 24.3 Å². The van der Waals surface area contributed by atoms with E-state index < -0.39 is 5.41 Å². The van der Waals surface area contributed by atoms with Crippen molar-refractivity contribution in [3.8, 4) is 5.75 Å². The number of ketones is 1. The smallest absolute Gasteiger partial charge is 0.173 e. The minimum absolute atomic E-state index is 0.0420. The topological polar surface area (TPSA) is 52.3 Å². The molecule has 3 nitrogen and oxygen atoms in total. The number of hydrogen-bond acceptors (Lipinski definition) is 3. The Bertz CT molecular complexity index is 444. The Hall–Kier alpha value is -1.35. The third kappa shape index (κ3) is 2.15. The molecule has 3 heteroatoms. The number of rotatable bonds is 4. The fraction of sp³-hybridized carbons (Fsp3) is 0.533. The van der Waals surface area contributed by atoms with Crippen molar-refractivity contribution in [3.63, 3.8) is 0 Å². The first-order valence-corrected chi connectivity index (χ1v) is 6.62. The molecule has 0 amide bonds. The molecule has 2 atom stereocenters. The van der Waals surface area contributed by atoms with Crippen molar-refractivity contribution in [2.45, 2.75) is 39.2 Å². The summed E-state index contributed by atoms with van der Waals surface area (Å²) in [5.74, 6) is 0.793. The van der Waals surface area contributed by atoms with Crippen LogP contribution in [0.4, 0.5) is 0 Å². The molecule has 2 rings (SSSR count). The highest BCUT2D eigenvalue weighted by Crippen LogP contribution is 2.41. The summed E-state index contributed by atoms with van der Waals surface area (Å²) in [7, 11) is 0. The van der Waals surface area contributed by atoms with Crippen molar-refractivity contribution in [2.75, 3.05) is 6.61 Å². The standard InChI is InChI=1S/C15H21NO2/c1-3-18-12-8-5-4-7-11(12)14(17)15(2)10-6-9-13(15)16/h4-5,7-8,13H,3,6,9-10,16H2,1-2H3. The number of para-hydroxylation sites is 1. The van der Waals surface area contributed by atoms with Gasteiger partial charge in [0.15, 0.2) is 5.78 Å². The van der Waals surface area contributed by atoms with Gasteiger partial charge in [-0.3, -0.25) is 4.79 Å². The van der Waals surface area contributed by atoms with E-state index in [4.69, 9.17) is 10.5 Å². The number of nitrogens with two attached hydrogens (primary N) is 1. The zero-order valence-electron chi connectivity index (χ0n) is 11.1. The van der Waals surface area contributed by atoms with Gasteiger partial charge < -0.3 is 10.5 Å². The van der Waals surface area contributed by atoms with E-state index in [0.717, 1.165) is 19.3 Å². The Morgan fingerprint density at radius 1 is 1.50 bits per heavy atom. The molecule has 1 fully saturated rings. The number of carbonyl (C=O) groups is 1. The normalized spacial score (nSPS) is 27.2. The highest BCUT2D eigenvalue weighted by Gasteiger charge is 2.43. The van der Waals surface area contributed by atoms with Gasteiger partial charge in [-0.15, -0.1) is 0 Å². The summed E-state index contributed by atoms with van der Waals surface area (Å²) in [6, 6.07) is 7.40. The average molecular weight is 247 g/mol. The average Bonchev–Trinajstić information content (AvgIpc) is 2.71. The zero-order valence-corrected chi connectivity index (χ0v) is 11.1. The van der Waals surface area contributed by atoms with Crippen molar-refractivity contribution < 1.29 is 9.53 Å². The maximum absolute atomic E-state index is 12.7. The molecule has 1 aromatic rings. The molecule has 18 heavy (non-hydrogen) atoms. The van der Waals surface area contributed by atoms with E-state index in [-0.39, 0.29) is 11.8 Å². The van der Waals surface area contributed by atoms with Crippen molar-refractivity contribution in [1.29, 1.82) is 0 Å². The van der Waals surface area contributed by atoms with Crippen LogP contribution in [0.5, 0.6) is 5.75 Å². The third-order valence-corrected chi connectivity index (χ3v) is 3.98. The lowest BCUT2D eigenvalue weighted by Crippen LogP contribution is -2.41. The first-order valence-electron chi connectivity index (χ1n) is 6.62. The van der Waals surface area contributed by atoms with Gasteiger partial charge in [0.05, 0.1) is 12.2 Å². The number of Topliss-reactive ketones (excluding diaryl/α,β-unsaturated/α-hetero) is 1. The van der Waals surface area contributed by atoms with Crippen molar-refractivity contribution in [2.24, 2.45) is 11.1 Å². The van der Waals surface area contributed by atoms with Gasteiger partial charge in [0.1, 0.15) is 5.75 Å². The second-order valence-electron chi connectivity index (χ2n) is 5.17. The van der Waals surface area contributed by atoms with Crippen LogP contribution >= 0.6 is 0 Å². The molecule has 2 unspecified atom stereocenters. The Morgan fingerprint density at radius 2 is 2.22 bits per heavy atom. The second-order valence-corrected chi connectivity index (χ2v) is 5.17. The minimum Gasteiger partial charge on any atom is -0.493 e. The Labute approximate surface area is 108 Å². The molecule has 0 radical (unpaired) electrons. The summed E-state index contributed by atoms with van der Waals surface area (Å²) < 4.78 is 5.54. The van der Waals surface area contributed by atoms with E-state index in [1.165, 1.54) is 0 Å². The SMILES string of the molecule is CCOc1ccccc1C(=O)C1(C)CCCC1N. The van der Waals surface area contributed by atoms with Gasteiger partial charge in [0.25, 0.3) is 0 Å². The monoisotopic (exact) mass is 247 g/mol. The van der Waals surface area contributed by atoms with Crippen molar-refractivity contribution in [1.82, 2.24) is 0 Å². The fourth-order valence-corrected chi connectivity index (χ4v) is 2.72. The van der Waals surface area contributed by atoms with Gasteiger partial charge in [-0.1, -0.05) is 25.5 Å². The maximum Gasteiger partial charge on any atom is 0.173 e. The molecule has 1 aliphatic carbocycles. The van der Waals surface area contributed by atoms with Gasteiger partial charge in [-0.25, -0.2) is 0 Å². The number of benzene rings is 1. The first kappa shape index (κ1) is 13.1. The van der Waals surface area contributed by atoms with E-state index >= 15 is 0 Å². The highest BCUT2D eigenvalue weighted by atomic mass is 16.5. The van der Waals surface area contributed by atoms with Crippen LogP contribution in [0.1, 0.15) is 43.5 Å². The molecule has 0 spiro atoms. The molecule has 1 saturated carbocycles. The summed E-state index contributed by atoms with van der Waals surface area (Å²) in [6.45, 7) is 4.47. The molecule has 0 bridgehead atoms. The second kappa shape index (κ2) is 5.11. The van der Waals surface area contributed by atoms with Crippen LogP contribution in [0.2, 0.25) is 0 Å². The van der Waals surface area contributed by atoms with Crippen LogP contribution in [-0.2, 0) is 0 Å². The van der Waals surface area contributed by atoms with Crippen LogP contribution < -0.4 is 10.5 Å². The van der Waals surface area contributed by atoms with Gasteiger partial charge in [-0.05, 0) is 31.9 Å². The predicted octanol–water partition coefficient (Wildman–Crippen LogP) is 2.79. The largest absolute Gasteiger partial charge is 0.493 e. The molecular formula is C15H21NO2. The first-order chi connectivity index (χ1) is 8.59. The Balaban J connectivity index is 2.34. The molecule has 1 aliphatic rings. The molecule has 0 aromatic heterocycles. The van der Waals surface area contributed by atoms with Crippen LogP contribution in [0.25, 0.3) is 0 Å². The lowest BCUT2D eigenvalue weighted by atomic mass is 9.78. The highest BCUT2D eigenvalue weighted by molar-refractivity contribution is 6.03. The van der Waals surface area contributed by atoms with Gasteiger partial charge in [-0.2, -0.15) is 0 Å². The van der Waals surface area contributed by atoms with E-state index in [9.17, 15) is 4.79 Å². The van der Waals surface area contributed by atoms with E-state index in [1.54, 1.807) is 0 Å². The van der Waals surface area contributed by atoms with Crippen LogP contribution in [0, 0.1) is 5.41 Å². The molecule has 1 aromatic carbocycles. The Kier molecular flexibility index (Phi) is 3.71. The van der Waals surface area contributed by atoms with Crippen molar-refractivity contribution in [3.05, 3.63) is 29.8 Å². The summed E-state index contributed by atoms with van der Waals surface area (Å²) in [5, 5.41) is 0. The molecule has 0 aliphatic heterocycles. The lowest BCUT2D eigenvalue weighted by Gasteiger charge is -2.28. The lowest BCUT2D eigenvalue weighted by molar-refractivity contribution is 0.0798. The van der Waals surface area contributed by atoms with Crippen LogP contribution in [0.3, 0.4) is 0 Å². The van der Waals surface area contributed by atoms with Crippen molar-refractivity contribution >= 4 is 5.78 Å². The van der Waals surface area contributed by atoms with Gasteiger partial charge >= 0.3 is 0 Å². The quantitative estimate of drug-likeness (QED) is 0.832. The Morgan fingerprint density at radius 3 is 2.83 bits per heavy atom. The minimum atomic E-state index is -0.437.